The monoisotopic (exact) mass is 450 g/mol. The van der Waals surface area contributed by atoms with E-state index in [1.165, 1.54) is 0 Å². The van der Waals surface area contributed by atoms with Crippen molar-refractivity contribution in [3.05, 3.63) is 65.7 Å². The summed E-state index contributed by atoms with van der Waals surface area (Å²) in [6, 6.07) is 17.2. The molecular formula is C26H34N4O3. The van der Waals surface area contributed by atoms with Gasteiger partial charge in [-0.05, 0) is 36.1 Å². The molecule has 0 unspecified atom stereocenters. The van der Waals surface area contributed by atoms with E-state index in [0.717, 1.165) is 37.0 Å². The van der Waals surface area contributed by atoms with Crippen LogP contribution in [0.2, 0.25) is 0 Å². The quantitative estimate of drug-likeness (QED) is 0.465. The van der Waals surface area contributed by atoms with Crippen LogP contribution in [0.4, 0.5) is 0 Å². The number of methoxy groups -OCH3 is 1. The first kappa shape index (κ1) is 23.1. The summed E-state index contributed by atoms with van der Waals surface area (Å²) in [5.74, 6) is 0.893. The van der Waals surface area contributed by atoms with Crippen molar-refractivity contribution in [3.63, 3.8) is 0 Å². The number of guanidine groups is 1. The van der Waals surface area contributed by atoms with E-state index in [1.807, 2.05) is 59.5 Å². The van der Waals surface area contributed by atoms with Gasteiger partial charge in [0.05, 0.1) is 7.11 Å². The van der Waals surface area contributed by atoms with Gasteiger partial charge in [-0.3, -0.25) is 10.2 Å². The van der Waals surface area contributed by atoms with Crippen LogP contribution < -0.4 is 10.1 Å². The molecule has 1 amide bonds. The number of hydrogen-bond donors (Lipinski definition) is 3. The number of aliphatic hydroxyl groups is 1. The summed E-state index contributed by atoms with van der Waals surface area (Å²) in [7, 11) is 1.64. The average molecular weight is 451 g/mol. The Labute approximate surface area is 195 Å². The summed E-state index contributed by atoms with van der Waals surface area (Å²) in [5.41, 5.74) is 0.257. The van der Waals surface area contributed by atoms with Gasteiger partial charge in [0.1, 0.15) is 5.75 Å². The van der Waals surface area contributed by atoms with E-state index < -0.39 is 5.60 Å². The third-order valence-electron chi connectivity index (χ3n) is 6.96. The van der Waals surface area contributed by atoms with Crippen LogP contribution in [0.25, 0.3) is 0 Å². The number of carbonyl (C=O) groups excluding carboxylic acids is 1. The lowest BCUT2D eigenvalue weighted by Gasteiger charge is -2.42. The van der Waals surface area contributed by atoms with Gasteiger partial charge in [-0.25, -0.2) is 0 Å². The first-order valence-electron chi connectivity index (χ1n) is 11.8. The molecule has 0 spiro atoms. The molecule has 1 aliphatic heterocycles. The van der Waals surface area contributed by atoms with Crippen molar-refractivity contribution in [2.45, 2.75) is 37.8 Å². The Morgan fingerprint density at radius 1 is 1.06 bits per heavy atom. The zero-order valence-corrected chi connectivity index (χ0v) is 19.3. The van der Waals surface area contributed by atoms with Gasteiger partial charge in [0.2, 0.25) is 0 Å². The summed E-state index contributed by atoms with van der Waals surface area (Å²) in [4.78, 5) is 17.4. The zero-order chi connectivity index (χ0) is 23.3. The average Bonchev–Trinajstić information content (AvgIpc) is 3.43. The summed E-state index contributed by atoms with van der Waals surface area (Å²) >= 11 is 0. The van der Waals surface area contributed by atoms with Gasteiger partial charge >= 0.3 is 0 Å². The molecule has 2 aromatic carbocycles. The minimum Gasteiger partial charge on any atom is -0.497 e. The van der Waals surface area contributed by atoms with Gasteiger partial charge in [0.15, 0.2) is 11.6 Å². The molecule has 7 nitrogen and oxygen atoms in total. The number of nitrogens with zero attached hydrogens (tertiary/aromatic N) is 2. The molecule has 1 aliphatic carbocycles. The number of nitrogens with one attached hydrogen (secondary N) is 2. The molecule has 33 heavy (non-hydrogen) atoms. The maximum Gasteiger partial charge on any atom is 0.259 e. The molecule has 1 atom stereocenters. The third-order valence-corrected chi connectivity index (χ3v) is 6.96. The van der Waals surface area contributed by atoms with Crippen molar-refractivity contribution in [1.29, 1.82) is 5.41 Å². The predicted octanol–water partition coefficient (Wildman–Crippen LogP) is 2.94. The standard InChI is InChI=1S/C26H34N4O3/c1-33-23-13-7-8-20(18-23)19-28-25(27)30-16-14-29(15-17-30)24(31)26(32,22-11-5-6-12-22)21-9-3-2-4-10-21/h2-4,7-10,13,18,22,32H,5-6,11-12,14-17,19H2,1H3,(H2,27,28)/t26-/m0/s1. The molecule has 2 aromatic rings. The SMILES string of the molecule is COc1cccc(CNC(=N)N2CCN(C(=O)[C@](O)(c3ccccc3)C3CCCC3)CC2)c1. The molecule has 0 radical (unpaired) electrons. The van der Waals surface area contributed by atoms with Crippen LogP contribution in [0.3, 0.4) is 0 Å². The molecule has 1 heterocycles. The molecule has 7 heteroatoms. The number of rotatable bonds is 6. The van der Waals surface area contributed by atoms with Gasteiger partial charge in [-0.1, -0.05) is 55.3 Å². The number of benzene rings is 2. The van der Waals surface area contributed by atoms with E-state index in [0.29, 0.717) is 44.2 Å². The molecule has 1 saturated carbocycles. The van der Waals surface area contributed by atoms with Crippen molar-refractivity contribution < 1.29 is 14.6 Å². The smallest absolute Gasteiger partial charge is 0.259 e. The topological polar surface area (TPSA) is 88.9 Å². The molecule has 3 N–H and O–H groups in total. The van der Waals surface area contributed by atoms with E-state index in [2.05, 4.69) is 5.32 Å². The Morgan fingerprint density at radius 3 is 2.39 bits per heavy atom. The second-order valence-corrected chi connectivity index (χ2v) is 8.95. The number of hydrogen-bond acceptors (Lipinski definition) is 4. The van der Waals surface area contributed by atoms with Crippen LogP contribution in [0, 0.1) is 11.3 Å². The Balaban J connectivity index is 1.37. The maximum atomic E-state index is 13.6. The Hall–Kier alpha value is -3.06. The largest absolute Gasteiger partial charge is 0.497 e. The maximum absolute atomic E-state index is 13.6. The zero-order valence-electron chi connectivity index (χ0n) is 19.3. The van der Waals surface area contributed by atoms with E-state index in [1.54, 1.807) is 12.0 Å². The lowest BCUT2D eigenvalue weighted by molar-refractivity contribution is -0.160. The summed E-state index contributed by atoms with van der Waals surface area (Å²) in [6.07, 6.45) is 3.85. The molecule has 0 aromatic heterocycles. The van der Waals surface area contributed by atoms with Crippen LogP contribution in [-0.2, 0) is 16.9 Å². The van der Waals surface area contributed by atoms with E-state index in [4.69, 9.17) is 10.1 Å². The molecule has 0 bridgehead atoms. The molecule has 176 valence electrons. The van der Waals surface area contributed by atoms with Crippen molar-refractivity contribution in [2.24, 2.45) is 5.92 Å². The summed E-state index contributed by atoms with van der Waals surface area (Å²) in [5, 5.41) is 23.4. The van der Waals surface area contributed by atoms with Gasteiger partial charge in [-0.2, -0.15) is 0 Å². The van der Waals surface area contributed by atoms with E-state index in [9.17, 15) is 9.90 Å². The highest BCUT2D eigenvalue weighted by atomic mass is 16.5. The van der Waals surface area contributed by atoms with Crippen molar-refractivity contribution >= 4 is 11.9 Å². The highest BCUT2D eigenvalue weighted by Gasteiger charge is 2.48. The van der Waals surface area contributed by atoms with E-state index in [-0.39, 0.29) is 11.8 Å². The molecular weight excluding hydrogens is 416 g/mol. The highest BCUT2D eigenvalue weighted by molar-refractivity contribution is 5.87. The molecule has 4 rings (SSSR count). The molecule has 1 saturated heterocycles. The fourth-order valence-corrected chi connectivity index (χ4v) is 5.02. The van der Waals surface area contributed by atoms with Crippen LogP contribution in [0.1, 0.15) is 36.8 Å². The van der Waals surface area contributed by atoms with Crippen molar-refractivity contribution in [2.75, 3.05) is 33.3 Å². The highest BCUT2D eigenvalue weighted by Crippen LogP contribution is 2.42. The lowest BCUT2D eigenvalue weighted by Crippen LogP contribution is -2.58. The van der Waals surface area contributed by atoms with Crippen LogP contribution in [-0.4, -0.2) is 60.1 Å². The third kappa shape index (κ3) is 4.98. The van der Waals surface area contributed by atoms with Crippen LogP contribution in [0.15, 0.2) is 54.6 Å². The fourth-order valence-electron chi connectivity index (χ4n) is 5.02. The van der Waals surface area contributed by atoms with Crippen LogP contribution >= 0.6 is 0 Å². The number of carbonyl (C=O) groups is 1. The van der Waals surface area contributed by atoms with Crippen LogP contribution in [0.5, 0.6) is 5.75 Å². The second kappa shape index (κ2) is 10.3. The number of piperazine rings is 1. The van der Waals surface area contributed by atoms with Gasteiger partial charge in [0, 0.05) is 38.6 Å². The number of amides is 1. The minimum absolute atomic E-state index is 0.0479. The Kier molecular flexibility index (Phi) is 7.18. The second-order valence-electron chi connectivity index (χ2n) is 8.95. The summed E-state index contributed by atoms with van der Waals surface area (Å²) < 4.78 is 5.26. The fraction of sp³-hybridized carbons (Fsp3) is 0.462. The Bertz CT molecular complexity index is 953. The Morgan fingerprint density at radius 2 is 1.73 bits per heavy atom. The predicted molar refractivity (Wildman–Crippen MR) is 128 cm³/mol. The number of ether oxygens (including phenoxy) is 1. The van der Waals surface area contributed by atoms with Crippen molar-refractivity contribution in [3.8, 4) is 5.75 Å². The molecule has 2 aliphatic rings. The first-order chi connectivity index (χ1) is 16.0. The lowest BCUT2D eigenvalue weighted by atomic mass is 9.79. The normalized spacial score (nSPS) is 18.6. The first-order valence-corrected chi connectivity index (χ1v) is 11.8. The van der Waals surface area contributed by atoms with Gasteiger partial charge in [-0.15, -0.1) is 0 Å². The van der Waals surface area contributed by atoms with Gasteiger partial charge < -0.3 is 25.0 Å². The summed E-state index contributed by atoms with van der Waals surface area (Å²) in [6.45, 7) is 2.63. The van der Waals surface area contributed by atoms with Crippen molar-refractivity contribution in [1.82, 2.24) is 15.1 Å². The molecule has 2 fully saturated rings. The minimum atomic E-state index is -1.47. The van der Waals surface area contributed by atoms with E-state index >= 15 is 0 Å². The van der Waals surface area contributed by atoms with Gasteiger partial charge in [0.25, 0.3) is 5.91 Å².